The molecule has 0 aromatic rings. The number of alkyl halides is 6. The molecule has 1 fully saturated rings. The molecular weight excluding hydrogens is 376 g/mol. The van der Waals surface area contributed by atoms with Crippen LogP contribution in [0.15, 0.2) is 0 Å². The van der Waals surface area contributed by atoms with Crippen molar-refractivity contribution < 1.29 is 0 Å². The third kappa shape index (κ3) is 2.22. The summed E-state index contributed by atoms with van der Waals surface area (Å²) in [4.78, 5) is 0. The average Bonchev–Trinajstić information content (AvgIpc) is 2.08. The summed E-state index contributed by atoms with van der Waals surface area (Å²) in [5.41, 5.74) is 0. The standard InChI is InChI=1S/C6H6Cl5I/c7-1-2(8)4(10)6(12)5(11)3(1)9/h1-6H/t1?,2-,3-,4+,5+,6?/m0/s1. The van der Waals surface area contributed by atoms with E-state index in [9.17, 15) is 0 Å². The Labute approximate surface area is 110 Å². The Morgan fingerprint density at radius 3 is 1.17 bits per heavy atom. The van der Waals surface area contributed by atoms with Gasteiger partial charge in [-0.05, 0) is 0 Å². The number of hydrogen-bond acceptors (Lipinski definition) is 0. The van der Waals surface area contributed by atoms with Gasteiger partial charge in [0.05, 0.1) is 26.9 Å². The Bertz CT molecular complexity index is 107. The van der Waals surface area contributed by atoms with Crippen LogP contribution in [-0.2, 0) is 0 Å². The Hall–Kier alpha value is 2.18. The first-order valence-electron chi connectivity index (χ1n) is 3.31. The molecule has 1 aliphatic rings. The molecule has 1 rings (SSSR count). The van der Waals surface area contributed by atoms with E-state index in [0.29, 0.717) is 0 Å². The normalized spacial score (nSPS) is 55.5. The molecule has 0 saturated heterocycles. The lowest BCUT2D eigenvalue weighted by Gasteiger charge is -2.38. The first kappa shape index (κ1) is 12.3. The van der Waals surface area contributed by atoms with Crippen molar-refractivity contribution >= 4 is 80.6 Å². The largest absolute Gasteiger partial charge is 0.120 e. The van der Waals surface area contributed by atoms with Crippen LogP contribution < -0.4 is 0 Å². The topological polar surface area (TPSA) is 0 Å². The molecule has 0 radical (unpaired) electrons. The summed E-state index contributed by atoms with van der Waals surface area (Å²) in [6.45, 7) is 0. The summed E-state index contributed by atoms with van der Waals surface area (Å²) in [5, 5.41) is -1.41. The minimum Gasteiger partial charge on any atom is -0.120 e. The van der Waals surface area contributed by atoms with Crippen molar-refractivity contribution in [2.75, 3.05) is 0 Å². The van der Waals surface area contributed by atoms with Crippen LogP contribution in [0.4, 0.5) is 0 Å². The van der Waals surface area contributed by atoms with E-state index in [1.54, 1.807) is 0 Å². The molecule has 0 aromatic heterocycles. The predicted octanol–water partition coefficient (Wildman–Crippen LogP) is 3.84. The third-order valence-electron chi connectivity index (χ3n) is 1.83. The maximum absolute atomic E-state index is 6.01. The average molecular weight is 382 g/mol. The summed E-state index contributed by atoms with van der Waals surface area (Å²) >= 11 is 32.0. The van der Waals surface area contributed by atoms with E-state index < -0.39 is 0 Å². The first-order valence-corrected chi connectivity index (χ1v) is 6.74. The third-order valence-corrected chi connectivity index (χ3v) is 7.46. The molecule has 4 atom stereocenters. The molecule has 0 unspecified atom stereocenters. The van der Waals surface area contributed by atoms with Gasteiger partial charge in [0.25, 0.3) is 0 Å². The van der Waals surface area contributed by atoms with E-state index in [2.05, 4.69) is 22.6 Å². The van der Waals surface area contributed by atoms with Gasteiger partial charge in [-0.2, -0.15) is 0 Å². The van der Waals surface area contributed by atoms with Crippen molar-refractivity contribution in [3.8, 4) is 0 Å². The van der Waals surface area contributed by atoms with E-state index in [-0.39, 0.29) is 30.8 Å². The Kier molecular flexibility index (Phi) is 4.90. The zero-order chi connectivity index (χ0) is 9.46. The van der Waals surface area contributed by atoms with Crippen LogP contribution in [0, 0.1) is 0 Å². The van der Waals surface area contributed by atoms with Gasteiger partial charge in [-0.3, -0.25) is 0 Å². The molecule has 0 amide bonds. The van der Waals surface area contributed by atoms with E-state index >= 15 is 0 Å². The molecule has 0 aromatic carbocycles. The molecule has 6 heteroatoms. The predicted molar refractivity (Wildman–Crippen MR) is 66.0 cm³/mol. The fraction of sp³-hybridized carbons (Fsp3) is 1.00. The smallest absolute Gasteiger partial charge is 0.0692 e. The van der Waals surface area contributed by atoms with E-state index in [4.69, 9.17) is 58.0 Å². The van der Waals surface area contributed by atoms with Crippen LogP contribution in [-0.4, -0.2) is 30.8 Å². The highest BCUT2D eigenvalue weighted by molar-refractivity contribution is 14.1. The molecule has 72 valence electrons. The summed E-state index contributed by atoms with van der Waals surface area (Å²) in [6.07, 6.45) is 0. The maximum Gasteiger partial charge on any atom is 0.0692 e. The molecule has 0 heterocycles. The van der Waals surface area contributed by atoms with Gasteiger partial charge >= 0.3 is 0 Å². The van der Waals surface area contributed by atoms with E-state index in [1.807, 2.05) is 0 Å². The minimum atomic E-state index is -0.357. The number of hydrogen-bond donors (Lipinski definition) is 0. The lowest BCUT2D eigenvalue weighted by Crippen LogP contribution is -2.51. The molecule has 1 saturated carbocycles. The second-order valence-electron chi connectivity index (χ2n) is 2.67. The summed E-state index contributed by atoms with van der Waals surface area (Å²) < 4.78 is 0.0610. The summed E-state index contributed by atoms with van der Waals surface area (Å²) in [5.74, 6) is 0. The van der Waals surface area contributed by atoms with Gasteiger partial charge in [-0.25, -0.2) is 0 Å². The van der Waals surface area contributed by atoms with Crippen molar-refractivity contribution in [1.29, 1.82) is 0 Å². The fourth-order valence-electron chi connectivity index (χ4n) is 1.05. The maximum atomic E-state index is 6.01. The van der Waals surface area contributed by atoms with Crippen LogP contribution in [0.5, 0.6) is 0 Å². The molecule has 1 aliphatic carbocycles. The van der Waals surface area contributed by atoms with E-state index in [1.165, 1.54) is 0 Å². The second kappa shape index (κ2) is 4.80. The molecule has 0 N–H and O–H groups in total. The SMILES string of the molecule is ClC1[C@H](Cl)[C@@H](Cl)C(I)[C@H](Cl)[C@H]1Cl. The van der Waals surface area contributed by atoms with Gasteiger partial charge < -0.3 is 0 Å². The number of rotatable bonds is 0. The van der Waals surface area contributed by atoms with Gasteiger partial charge in [0.2, 0.25) is 0 Å². The van der Waals surface area contributed by atoms with E-state index in [0.717, 1.165) is 0 Å². The Morgan fingerprint density at radius 1 is 0.583 bits per heavy atom. The van der Waals surface area contributed by atoms with Gasteiger partial charge in [-0.15, -0.1) is 58.0 Å². The van der Waals surface area contributed by atoms with Crippen molar-refractivity contribution in [1.82, 2.24) is 0 Å². The molecule has 0 aliphatic heterocycles. The minimum absolute atomic E-state index is 0.0610. The lowest BCUT2D eigenvalue weighted by molar-refractivity contribution is 0.561. The summed E-state index contributed by atoms with van der Waals surface area (Å²) in [7, 11) is 0. The van der Waals surface area contributed by atoms with Crippen LogP contribution in [0.3, 0.4) is 0 Å². The van der Waals surface area contributed by atoms with Crippen LogP contribution in [0.25, 0.3) is 0 Å². The van der Waals surface area contributed by atoms with Gasteiger partial charge in [0.15, 0.2) is 0 Å². The number of halogens is 6. The molecule has 12 heavy (non-hydrogen) atoms. The van der Waals surface area contributed by atoms with Crippen molar-refractivity contribution in [2.24, 2.45) is 0 Å². The van der Waals surface area contributed by atoms with Crippen LogP contribution in [0.2, 0.25) is 0 Å². The lowest BCUT2D eigenvalue weighted by atomic mass is 9.98. The van der Waals surface area contributed by atoms with Crippen molar-refractivity contribution in [3.05, 3.63) is 0 Å². The Balaban J connectivity index is 2.76. The zero-order valence-corrected chi connectivity index (χ0v) is 11.7. The van der Waals surface area contributed by atoms with Gasteiger partial charge in [0, 0.05) is 3.92 Å². The molecular formula is C6H6Cl5I. The van der Waals surface area contributed by atoms with Crippen LogP contribution >= 0.6 is 80.6 Å². The highest BCUT2D eigenvalue weighted by atomic mass is 127. The van der Waals surface area contributed by atoms with Gasteiger partial charge in [0.1, 0.15) is 0 Å². The molecule has 0 spiro atoms. The molecule has 0 nitrogen and oxygen atoms in total. The van der Waals surface area contributed by atoms with Gasteiger partial charge in [-0.1, -0.05) is 22.6 Å². The zero-order valence-electron chi connectivity index (χ0n) is 5.73. The quantitative estimate of drug-likeness (QED) is 0.441. The highest BCUT2D eigenvalue weighted by Gasteiger charge is 2.46. The van der Waals surface area contributed by atoms with Crippen molar-refractivity contribution in [2.45, 2.75) is 30.8 Å². The Morgan fingerprint density at radius 2 is 0.833 bits per heavy atom. The second-order valence-corrected chi connectivity index (χ2v) is 6.62. The van der Waals surface area contributed by atoms with Crippen LogP contribution in [0.1, 0.15) is 0 Å². The fourth-order valence-corrected chi connectivity index (χ4v) is 4.30. The molecule has 0 bridgehead atoms. The first-order chi connectivity index (χ1) is 5.46. The monoisotopic (exact) mass is 380 g/mol. The van der Waals surface area contributed by atoms with Crippen molar-refractivity contribution in [3.63, 3.8) is 0 Å². The summed E-state index contributed by atoms with van der Waals surface area (Å²) in [6, 6.07) is 0. The highest BCUT2D eigenvalue weighted by Crippen LogP contribution is 2.40.